The van der Waals surface area contributed by atoms with E-state index >= 15 is 0 Å². The highest BCUT2D eigenvalue weighted by Crippen LogP contribution is 2.24. The molecule has 1 N–H and O–H groups in total. The van der Waals surface area contributed by atoms with E-state index in [0.717, 1.165) is 18.2 Å². The van der Waals surface area contributed by atoms with Crippen molar-refractivity contribution >= 4 is 23.1 Å². The Morgan fingerprint density at radius 2 is 1.71 bits per heavy atom. The Hall–Kier alpha value is -1.75. The molecule has 0 spiro atoms. The van der Waals surface area contributed by atoms with Crippen LogP contribution in [0, 0.1) is 17.5 Å². The van der Waals surface area contributed by atoms with Gasteiger partial charge in [0.1, 0.15) is 17.3 Å². The topological polar surface area (TPSA) is 24.9 Å². The van der Waals surface area contributed by atoms with Crippen molar-refractivity contribution in [3.05, 3.63) is 52.9 Å². The van der Waals surface area contributed by atoms with Crippen LogP contribution in [0.4, 0.5) is 24.7 Å². The van der Waals surface area contributed by atoms with Gasteiger partial charge in [0, 0.05) is 6.20 Å². The molecule has 2 nitrogen and oxygen atoms in total. The molecular weight excluding hydrogens is 253 g/mol. The van der Waals surface area contributed by atoms with Crippen LogP contribution in [0.3, 0.4) is 0 Å². The molecule has 6 heteroatoms. The van der Waals surface area contributed by atoms with Gasteiger partial charge in [-0.3, -0.25) is 0 Å². The van der Waals surface area contributed by atoms with Gasteiger partial charge < -0.3 is 5.32 Å². The normalized spacial score (nSPS) is 10.4. The smallest absolute Gasteiger partial charge is 0.167 e. The number of benzene rings is 1. The zero-order chi connectivity index (χ0) is 12.4. The number of nitrogens with zero attached hydrogens (tertiary/aromatic N) is 1. The van der Waals surface area contributed by atoms with Crippen LogP contribution in [-0.4, -0.2) is 4.98 Å². The lowest BCUT2D eigenvalue weighted by Crippen LogP contribution is -2.01. The number of hydrogen-bond acceptors (Lipinski definition) is 2. The van der Waals surface area contributed by atoms with Crippen LogP contribution in [0.1, 0.15) is 0 Å². The molecule has 0 amide bonds. The van der Waals surface area contributed by atoms with Gasteiger partial charge >= 0.3 is 0 Å². The Balaban J connectivity index is 2.38. The quantitative estimate of drug-likeness (QED) is 0.884. The van der Waals surface area contributed by atoms with Gasteiger partial charge in [-0.2, -0.15) is 0 Å². The monoisotopic (exact) mass is 258 g/mol. The zero-order valence-electron chi connectivity index (χ0n) is 8.35. The van der Waals surface area contributed by atoms with Crippen molar-refractivity contribution in [2.75, 3.05) is 5.32 Å². The fraction of sp³-hybridized carbons (Fsp3) is 0. The van der Waals surface area contributed by atoms with E-state index in [-0.39, 0.29) is 10.8 Å². The summed E-state index contributed by atoms with van der Waals surface area (Å²) in [6.07, 6.45) is 1.17. The SMILES string of the molecule is Fc1cc(Cl)cnc1Nc1c(F)cccc1F. The van der Waals surface area contributed by atoms with E-state index in [1.165, 1.54) is 12.3 Å². The van der Waals surface area contributed by atoms with Gasteiger partial charge in [-0.25, -0.2) is 18.2 Å². The molecule has 0 bridgehead atoms. The molecule has 0 aliphatic carbocycles. The number of nitrogens with one attached hydrogen (secondary N) is 1. The van der Waals surface area contributed by atoms with Gasteiger partial charge in [0.25, 0.3) is 0 Å². The molecule has 0 unspecified atom stereocenters. The standard InChI is InChI=1S/C11H6ClF3N2/c12-6-4-9(15)11(16-5-6)17-10-7(13)2-1-3-8(10)14/h1-5H,(H,16,17). The minimum absolute atomic E-state index is 0.0991. The van der Waals surface area contributed by atoms with Crippen LogP contribution in [0.25, 0.3) is 0 Å². The molecule has 17 heavy (non-hydrogen) atoms. The van der Waals surface area contributed by atoms with Crippen LogP contribution >= 0.6 is 11.6 Å². The van der Waals surface area contributed by atoms with E-state index in [9.17, 15) is 13.2 Å². The van der Waals surface area contributed by atoms with Crippen LogP contribution in [0.5, 0.6) is 0 Å². The molecule has 0 aliphatic heterocycles. The van der Waals surface area contributed by atoms with Gasteiger partial charge in [-0.15, -0.1) is 0 Å². The van der Waals surface area contributed by atoms with Crippen LogP contribution < -0.4 is 5.32 Å². The largest absolute Gasteiger partial charge is 0.333 e. The average Bonchev–Trinajstić information content (AvgIpc) is 2.26. The number of aromatic nitrogens is 1. The highest BCUT2D eigenvalue weighted by molar-refractivity contribution is 6.30. The minimum atomic E-state index is -0.832. The third-order valence-electron chi connectivity index (χ3n) is 2.01. The molecule has 0 saturated carbocycles. The van der Waals surface area contributed by atoms with Crippen molar-refractivity contribution < 1.29 is 13.2 Å². The second-order valence-electron chi connectivity index (χ2n) is 3.21. The predicted octanol–water partition coefficient (Wildman–Crippen LogP) is 3.90. The molecule has 1 heterocycles. The Labute approximate surface area is 100 Å². The molecule has 2 aromatic rings. The van der Waals surface area contributed by atoms with Crippen LogP contribution in [-0.2, 0) is 0 Å². The van der Waals surface area contributed by atoms with E-state index in [4.69, 9.17) is 11.6 Å². The maximum absolute atomic E-state index is 13.3. The van der Waals surface area contributed by atoms with Crippen molar-refractivity contribution in [1.82, 2.24) is 4.98 Å². The second-order valence-corrected chi connectivity index (χ2v) is 3.64. The molecule has 1 aromatic heterocycles. The number of halogens is 4. The van der Waals surface area contributed by atoms with Crippen molar-refractivity contribution in [1.29, 1.82) is 0 Å². The fourth-order valence-electron chi connectivity index (χ4n) is 1.24. The maximum atomic E-state index is 13.3. The van der Waals surface area contributed by atoms with Crippen LogP contribution in [0.15, 0.2) is 30.5 Å². The molecule has 0 atom stereocenters. The van der Waals surface area contributed by atoms with Gasteiger partial charge in [-0.05, 0) is 18.2 Å². The van der Waals surface area contributed by atoms with E-state index in [1.807, 2.05) is 0 Å². The fourth-order valence-corrected chi connectivity index (χ4v) is 1.39. The zero-order valence-corrected chi connectivity index (χ0v) is 9.10. The summed E-state index contributed by atoms with van der Waals surface area (Å²) in [6.45, 7) is 0. The molecule has 1 aromatic carbocycles. The highest BCUT2D eigenvalue weighted by Gasteiger charge is 2.11. The first kappa shape index (κ1) is 11.7. The van der Waals surface area contributed by atoms with E-state index in [2.05, 4.69) is 10.3 Å². The molecule has 0 fully saturated rings. The first-order chi connectivity index (χ1) is 8.08. The Bertz CT molecular complexity index is 540. The minimum Gasteiger partial charge on any atom is -0.333 e. The maximum Gasteiger partial charge on any atom is 0.167 e. The lowest BCUT2D eigenvalue weighted by molar-refractivity contribution is 0.588. The molecular formula is C11H6ClF3N2. The molecule has 0 aliphatic rings. The number of hydrogen-bond donors (Lipinski definition) is 1. The van der Waals surface area contributed by atoms with E-state index < -0.39 is 23.1 Å². The summed E-state index contributed by atoms with van der Waals surface area (Å²) >= 11 is 5.50. The second kappa shape index (κ2) is 4.63. The van der Waals surface area contributed by atoms with Gasteiger partial charge in [-0.1, -0.05) is 17.7 Å². The molecule has 88 valence electrons. The summed E-state index contributed by atoms with van der Waals surface area (Å²) in [7, 11) is 0. The Morgan fingerprint density at radius 1 is 1.06 bits per heavy atom. The van der Waals surface area contributed by atoms with Crippen molar-refractivity contribution in [3.63, 3.8) is 0 Å². The third-order valence-corrected chi connectivity index (χ3v) is 2.22. The van der Waals surface area contributed by atoms with Crippen molar-refractivity contribution in [2.24, 2.45) is 0 Å². The van der Waals surface area contributed by atoms with Crippen molar-refractivity contribution in [3.8, 4) is 0 Å². The van der Waals surface area contributed by atoms with Gasteiger partial charge in [0.15, 0.2) is 11.6 Å². The summed E-state index contributed by atoms with van der Waals surface area (Å²) in [5.41, 5.74) is -0.457. The lowest BCUT2D eigenvalue weighted by Gasteiger charge is -2.08. The Kier molecular flexibility index (Phi) is 3.19. The molecule has 2 rings (SSSR count). The summed E-state index contributed by atoms with van der Waals surface area (Å²) in [5.74, 6) is -2.75. The highest BCUT2D eigenvalue weighted by atomic mass is 35.5. The molecule has 0 saturated heterocycles. The summed E-state index contributed by atoms with van der Waals surface area (Å²) in [5, 5.41) is 2.34. The van der Waals surface area contributed by atoms with Crippen LogP contribution in [0.2, 0.25) is 5.02 Å². The number of rotatable bonds is 2. The number of para-hydroxylation sites is 1. The summed E-state index contributed by atoms with van der Waals surface area (Å²) < 4.78 is 39.9. The predicted molar refractivity (Wildman–Crippen MR) is 58.8 cm³/mol. The van der Waals surface area contributed by atoms with Gasteiger partial charge in [0.2, 0.25) is 0 Å². The third kappa shape index (κ3) is 2.50. The number of anilines is 2. The van der Waals surface area contributed by atoms with E-state index in [1.54, 1.807) is 0 Å². The van der Waals surface area contributed by atoms with E-state index in [0.29, 0.717) is 0 Å². The Morgan fingerprint density at radius 3 is 2.29 bits per heavy atom. The van der Waals surface area contributed by atoms with Crippen molar-refractivity contribution in [2.45, 2.75) is 0 Å². The number of pyridine rings is 1. The first-order valence-electron chi connectivity index (χ1n) is 4.60. The average molecular weight is 259 g/mol. The molecule has 0 radical (unpaired) electrons. The first-order valence-corrected chi connectivity index (χ1v) is 4.98. The summed E-state index contributed by atoms with van der Waals surface area (Å²) in [6, 6.07) is 4.32. The lowest BCUT2D eigenvalue weighted by atomic mass is 10.3. The summed E-state index contributed by atoms with van der Waals surface area (Å²) in [4.78, 5) is 3.60. The van der Waals surface area contributed by atoms with Gasteiger partial charge in [0.05, 0.1) is 5.02 Å².